The van der Waals surface area contributed by atoms with Crippen molar-refractivity contribution < 1.29 is 9.66 Å². The van der Waals surface area contributed by atoms with E-state index in [0.29, 0.717) is 29.1 Å². The number of likely N-dealkylation sites (N-methyl/N-ethyl adjacent to an activating group) is 1. The van der Waals surface area contributed by atoms with Gasteiger partial charge in [0.1, 0.15) is 11.4 Å². The summed E-state index contributed by atoms with van der Waals surface area (Å²) in [5.41, 5.74) is 3.84. The van der Waals surface area contributed by atoms with Gasteiger partial charge < -0.3 is 24.4 Å². The molecule has 4 aromatic rings. The lowest BCUT2D eigenvalue weighted by molar-refractivity contribution is -0.384. The molecule has 2 aromatic heterocycles. The molecule has 2 aromatic carbocycles. The molecule has 0 radical (unpaired) electrons. The van der Waals surface area contributed by atoms with Crippen LogP contribution in [0.5, 0.6) is 5.75 Å². The highest BCUT2D eigenvalue weighted by Crippen LogP contribution is 2.40. The maximum atomic E-state index is 12.0. The number of hydrogen-bond donors (Lipinski definition) is 1. The van der Waals surface area contributed by atoms with Crippen LogP contribution >= 0.6 is 0 Å². The Labute approximate surface area is 209 Å². The number of ether oxygens (including phenoxy) is 1. The maximum Gasteiger partial charge on any atom is 0.294 e. The first-order valence-corrected chi connectivity index (χ1v) is 11.8. The van der Waals surface area contributed by atoms with Crippen LogP contribution in [0.4, 0.5) is 23.0 Å². The first-order chi connectivity index (χ1) is 17.4. The topological polar surface area (TPSA) is 102 Å². The third-order valence-electron chi connectivity index (χ3n) is 6.80. The van der Waals surface area contributed by atoms with Gasteiger partial charge in [-0.3, -0.25) is 10.1 Å². The van der Waals surface area contributed by atoms with Crippen LogP contribution < -0.4 is 15.0 Å². The molecule has 10 nitrogen and oxygen atoms in total. The van der Waals surface area contributed by atoms with Crippen LogP contribution in [0, 0.1) is 10.1 Å². The lowest BCUT2D eigenvalue weighted by atomic mass is 10.1. The van der Waals surface area contributed by atoms with Gasteiger partial charge in [0.25, 0.3) is 5.69 Å². The molecule has 0 unspecified atom stereocenters. The van der Waals surface area contributed by atoms with Gasteiger partial charge in [0, 0.05) is 67.2 Å². The largest absolute Gasteiger partial charge is 0.494 e. The second-order valence-corrected chi connectivity index (χ2v) is 9.21. The van der Waals surface area contributed by atoms with Gasteiger partial charge in [-0.25, -0.2) is 9.97 Å². The Balaban J connectivity index is 1.49. The standard InChI is InChI=1S/C26H29N7O3/c1-30(2)17-10-12-32(15-17)23-14-25(36-4)21(13-24(23)33(34)35)29-26-27-11-9-20(28-26)19-16-31(3)22-8-6-5-7-18(19)22/h5-9,11,13-14,16-17H,10,12,15H2,1-4H3,(H,27,28,29)/t17-/m1/s1. The first kappa shape index (κ1) is 23.6. The predicted octanol–water partition coefficient (Wildman–Crippen LogP) is 4.44. The van der Waals surface area contributed by atoms with E-state index >= 15 is 0 Å². The molecule has 1 aliphatic rings. The van der Waals surface area contributed by atoms with Crippen LogP contribution in [0.3, 0.4) is 0 Å². The number of nitrogens with zero attached hydrogens (tertiary/aromatic N) is 6. The highest BCUT2D eigenvalue weighted by molar-refractivity contribution is 5.95. The summed E-state index contributed by atoms with van der Waals surface area (Å²) in [4.78, 5) is 24.9. The minimum atomic E-state index is -0.351. The zero-order chi connectivity index (χ0) is 25.4. The van der Waals surface area contributed by atoms with Crippen molar-refractivity contribution in [3.8, 4) is 17.0 Å². The fourth-order valence-corrected chi connectivity index (χ4v) is 4.84. The predicted molar refractivity (Wildman–Crippen MR) is 141 cm³/mol. The zero-order valence-electron chi connectivity index (χ0n) is 20.8. The maximum absolute atomic E-state index is 12.0. The Bertz CT molecular complexity index is 1430. The molecule has 1 N–H and O–H groups in total. The van der Waals surface area contributed by atoms with Crippen LogP contribution in [-0.4, -0.2) is 64.7 Å². The second-order valence-electron chi connectivity index (χ2n) is 9.21. The smallest absolute Gasteiger partial charge is 0.294 e. The Hall–Kier alpha value is -4.18. The lowest BCUT2D eigenvalue weighted by Crippen LogP contribution is -2.31. The summed E-state index contributed by atoms with van der Waals surface area (Å²) in [6.07, 6.45) is 4.66. The number of methoxy groups -OCH3 is 1. The monoisotopic (exact) mass is 487 g/mol. The van der Waals surface area contributed by atoms with Crippen LogP contribution in [0.2, 0.25) is 0 Å². The van der Waals surface area contributed by atoms with Gasteiger partial charge in [-0.2, -0.15) is 0 Å². The number of para-hydroxylation sites is 1. The fourth-order valence-electron chi connectivity index (χ4n) is 4.84. The van der Waals surface area contributed by atoms with Gasteiger partial charge >= 0.3 is 0 Å². The van der Waals surface area contributed by atoms with E-state index < -0.39 is 0 Å². The molecule has 186 valence electrons. The Morgan fingerprint density at radius 1 is 1.22 bits per heavy atom. The molecule has 3 heterocycles. The summed E-state index contributed by atoms with van der Waals surface area (Å²) in [7, 11) is 7.61. The number of benzene rings is 2. The van der Waals surface area contributed by atoms with Gasteiger partial charge in [-0.05, 0) is 32.6 Å². The van der Waals surface area contributed by atoms with Gasteiger partial charge in [-0.1, -0.05) is 18.2 Å². The zero-order valence-corrected chi connectivity index (χ0v) is 20.8. The molecule has 0 saturated carbocycles. The van der Waals surface area contributed by atoms with Crippen LogP contribution in [0.1, 0.15) is 6.42 Å². The molecule has 1 aliphatic heterocycles. The van der Waals surface area contributed by atoms with E-state index in [4.69, 9.17) is 9.72 Å². The number of nitro groups is 1. The third kappa shape index (κ3) is 4.31. The van der Waals surface area contributed by atoms with Gasteiger partial charge in [-0.15, -0.1) is 0 Å². The number of aryl methyl sites for hydroxylation is 1. The number of aromatic nitrogens is 3. The molecule has 5 rings (SSSR count). The minimum absolute atomic E-state index is 0.0166. The summed E-state index contributed by atoms with van der Waals surface area (Å²) in [5.74, 6) is 0.817. The van der Waals surface area contributed by atoms with Crippen LogP contribution in [-0.2, 0) is 7.05 Å². The molecule has 10 heteroatoms. The van der Waals surface area contributed by atoms with Crippen LogP contribution in [0.25, 0.3) is 22.2 Å². The number of nitro benzene ring substituents is 1. The summed E-state index contributed by atoms with van der Waals surface area (Å²) in [6, 6.07) is 13.6. The van der Waals surface area contributed by atoms with E-state index in [1.165, 1.54) is 6.07 Å². The lowest BCUT2D eigenvalue weighted by Gasteiger charge is -2.22. The van der Waals surface area contributed by atoms with Crippen LogP contribution in [0.15, 0.2) is 54.9 Å². The minimum Gasteiger partial charge on any atom is -0.494 e. The van der Waals surface area contributed by atoms with E-state index in [2.05, 4.69) is 31.9 Å². The molecule has 0 bridgehead atoms. The highest BCUT2D eigenvalue weighted by Gasteiger charge is 2.30. The van der Waals surface area contributed by atoms with Gasteiger partial charge in [0.2, 0.25) is 5.95 Å². The molecule has 0 amide bonds. The van der Waals surface area contributed by atoms with E-state index in [1.807, 2.05) is 50.4 Å². The van der Waals surface area contributed by atoms with Crippen molar-refractivity contribution in [3.63, 3.8) is 0 Å². The molecule has 1 atom stereocenters. The van der Waals surface area contributed by atoms with E-state index in [9.17, 15) is 10.1 Å². The van der Waals surface area contributed by atoms with Gasteiger partial charge in [0.15, 0.2) is 0 Å². The molecule has 1 saturated heterocycles. The molecule has 0 spiro atoms. The van der Waals surface area contributed by atoms with Crippen molar-refractivity contribution in [3.05, 3.63) is 65.0 Å². The molecule has 36 heavy (non-hydrogen) atoms. The van der Waals surface area contributed by atoms with Crippen molar-refractivity contribution in [2.75, 3.05) is 44.5 Å². The second kappa shape index (κ2) is 9.46. The fraction of sp³-hybridized carbons (Fsp3) is 0.308. The summed E-state index contributed by atoms with van der Waals surface area (Å²) in [5, 5.41) is 16.3. The van der Waals surface area contributed by atoms with Crippen molar-refractivity contribution in [2.24, 2.45) is 7.05 Å². The average molecular weight is 488 g/mol. The summed E-state index contributed by atoms with van der Waals surface area (Å²) >= 11 is 0. The number of hydrogen-bond acceptors (Lipinski definition) is 8. The van der Waals surface area contributed by atoms with E-state index in [1.54, 1.807) is 19.4 Å². The summed E-state index contributed by atoms with van der Waals surface area (Å²) < 4.78 is 7.68. The van der Waals surface area contributed by atoms with Crippen molar-refractivity contribution in [2.45, 2.75) is 12.5 Å². The Morgan fingerprint density at radius 2 is 2.03 bits per heavy atom. The Kier molecular flexibility index (Phi) is 6.19. The molecule has 0 aliphatic carbocycles. The number of nitrogens with one attached hydrogen (secondary N) is 1. The Morgan fingerprint density at radius 3 is 2.75 bits per heavy atom. The number of anilines is 3. The van der Waals surface area contributed by atoms with Gasteiger partial charge in [0.05, 0.1) is 23.4 Å². The molecular weight excluding hydrogens is 458 g/mol. The normalized spacial score (nSPS) is 15.6. The highest BCUT2D eigenvalue weighted by atomic mass is 16.6. The first-order valence-electron chi connectivity index (χ1n) is 11.8. The van der Waals surface area contributed by atoms with E-state index in [0.717, 1.165) is 41.7 Å². The number of rotatable bonds is 7. The molecule has 1 fully saturated rings. The van der Waals surface area contributed by atoms with Crippen molar-refractivity contribution in [1.29, 1.82) is 0 Å². The average Bonchev–Trinajstić information content (AvgIpc) is 3.50. The van der Waals surface area contributed by atoms with E-state index in [-0.39, 0.29) is 10.6 Å². The quantitative estimate of drug-likeness (QED) is 0.302. The number of fused-ring (bicyclic) bond motifs is 1. The molecular formula is C26H29N7O3. The summed E-state index contributed by atoms with van der Waals surface area (Å²) in [6.45, 7) is 1.47. The SMILES string of the molecule is COc1cc(N2CC[C@@H](N(C)C)C2)c([N+](=O)[O-])cc1Nc1nccc(-c2cn(C)c3ccccc23)n1. The van der Waals surface area contributed by atoms with Crippen molar-refractivity contribution >= 4 is 33.9 Å². The third-order valence-corrected chi connectivity index (χ3v) is 6.80. The van der Waals surface area contributed by atoms with Crippen molar-refractivity contribution in [1.82, 2.24) is 19.4 Å².